The molecule has 0 radical (unpaired) electrons. The third-order valence-corrected chi connectivity index (χ3v) is 6.63. The Labute approximate surface area is 155 Å². The number of benzene rings is 1. The maximum atomic E-state index is 12.7. The van der Waals surface area contributed by atoms with E-state index < -0.39 is 10.0 Å². The molecule has 0 unspecified atom stereocenters. The normalized spacial score (nSPS) is 16.3. The lowest BCUT2D eigenvalue weighted by Gasteiger charge is -2.32. The second-order valence-electron chi connectivity index (χ2n) is 7.05. The summed E-state index contributed by atoms with van der Waals surface area (Å²) >= 11 is 0. The summed E-state index contributed by atoms with van der Waals surface area (Å²) < 4.78 is 28.6. The molecule has 0 saturated carbocycles. The van der Waals surface area contributed by atoms with Crippen molar-refractivity contribution in [1.82, 2.24) is 14.2 Å². The summed E-state index contributed by atoms with van der Waals surface area (Å²) in [5.74, 6) is 0.268. The number of fused-ring (bicyclic) bond motifs is 1. The zero-order valence-corrected chi connectivity index (χ0v) is 16.3. The number of para-hydroxylation sites is 1. The number of hydrogen-bond donors (Lipinski definition) is 1. The van der Waals surface area contributed by atoms with Crippen molar-refractivity contribution in [1.29, 1.82) is 0 Å². The van der Waals surface area contributed by atoms with Gasteiger partial charge in [0, 0.05) is 43.3 Å². The molecular weight excluding hydrogens is 350 g/mol. The average molecular weight is 378 g/mol. The molecule has 0 aliphatic carbocycles. The summed E-state index contributed by atoms with van der Waals surface area (Å²) in [5.41, 5.74) is 2.17. The minimum Gasteiger partial charge on any atom is -0.350 e. The van der Waals surface area contributed by atoms with Crippen molar-refractivity contribution in [2.24, 2.45) is 7.05 Å². The van der Waals surface area contributed by atoms with E-state index in [0.717, 1.165) is 16.5 Å². The molecule has 1 fully saturated rings. The summed E-state index contributed by atoms with van der Waals surface area (Å²) in [7, 11) is -1.21. The van der Waals surface area contributed by atoms with Crippen molar-refractivity contribution in [2.45, 2.75) is 38.6 Å². The molecule has 1 aliphatic rings. The third kappa shape index (κ3) is 4.27. The van der Waals surface area contributed by atoms with Gasteiger partial charge >= 0.3 is 0 Å². The van der Waals surface area contributed by atoms with Gasteiger partial charge < -0.3 is 9.47 Å². The van der Waals surface area contributed by atoms with Gasteiger partial charge in [-0.05, 0) is 30.9 Å². The lowest BCUT2D eigenvalue weighted by atomic mass is 10.0. The third-order valence-electron chi connectivity index (χ3n) is 4.99. The molecular formula is C19H27N3O3S. The molecule has 3 rings (SSSR count). The van der Waals surface area contributed by atoms with Gasteiger partial charge in [-0.1, -0.05) is 25.1 Å². The van der Waals surface area contributed by atoms with E-state index in [2.05, 4.69) is 10.8 Å². The Kier molecular flexibility index (Phi) is 5.67. The Bertz CT molecular complexity index is 881. The number of sulfonamides is 1. The van der Waals surface area contributed by atoms with E-state index in [4.69, 9.17) is 0 Å². The quantitative estimate of drug-likeness (QED) is 0.837. The first-order chi connectivity index (χ1) is 12.4. The van der Waals surface area contributed by atoms with E-state index >= 15 is 0 Å². The van der Waals surface area contributed by atoms with Gasteiger partial charge in [0.15, 0.2) is 0 Å². The number of carbonyl (C=O) groups is 1. The summed E-state index contributed by atoms with van der Waals surface area (Å²) in [6, 6.07) is 8.03. The number of hydrogen-bond acceptors (Lipinski definition) is 3. The van der Waals surface area contributed by atoms with E-state index in [1.807, 2.05) is 47.8 Å². The molecule has 0 bridgehead atoms. The molecule has 26 heavy (non-hydrogen) atoms. The number of nitrogens with one attached hydrogen (secondary N) is 1. The summed E-state index contributed by atoms with van der Waals surface area (Å²) in [5, 5.41) is 1.12. The molecule has 1 N–H and O–H groups in total. The highest BCUT2D eigenvalue weighted by Crippen LogP contribution is 2.22. The summed E-state index contributed by atoms with van der Waals surface area (Å²) in [6.07, 6.45) is 4.36. The Balaban J connectivity index is 1.59. The summed E-state index contributed by atoms with van der Waals surface area (Å²) in [4.78, 5) is 14.5. The maximum absolute atomic E-state index is 12.7. The minimum absolute atomic E-state index is 0.0619. The van der Waals surface area contributed by atoms with E-state index in [9.17, 15) is 13.2 Å². The monoisotopic (exact) mass is 377 g/mol. The van der Waals surface area contributed by atoms with E-state index in [1.54, 1.807) is 0 Å². The topological polar surface area (TPSA) is 71.4 Å². The number of aryl methyl sites for hydroxylation is 1. The zero-order valence-electron chi connectivity index (χ0n) is 15.4. The van der Waals surface area contributed by atoms with Gasteiger partial charge in [0.05, 0.1) is 12.2 Å². The van der Waals surface area contributed by atoms with Crippen LogP contribution in [0.1, 0.15) is 31.7 Å². The van der Waals surface area contributed by atoms with Crippen molar-refractivity contribution >= 4 is 26.8 Å². The lowest BCUT2D eigenvalue weighted by Crippen LogP contribution is -2.47. The van der Waals surface area contributed by atoms with E-state index in [-0.39, 0.29) is 17.7 Å². The first-order valence-corrected chi connectivity index (χ1v) is 10.9. The van der Waals surface area contributed by atoms with Crippen LogP contribution in [0.15, 0.2) is 30.5 Å². The van der Waals surface area contributed by atoms with Crippen LogP contribution in [0.2, 0.25) is 0 Å². The standard InChI is InChI=1S/C19H27N3O3S/c1-3-12-26(24,25)20-16-8-10-22(11-9-16)19(23)13-15-14-21(2)18-7-5-4-6-17(15)18/h4-7,14,16,20H,3,8-13H2,1-2H3. The van der Waals surface area contributed by atoms with Crippen LogP contribution < -0.4 is 4.72 Å². The molecule has 1 saturated heterocycles. The highest BCUT2D eigenvalue weighted by molar-refractivity contribution is 7.89. The van der Waals surface area contributed by atoms with Crippen molar-refractivity contribution < 1.29 is 13.2 Å². The second kappa shape index (κ2) is 7.80. The number of carbonyl (C=O) groups excluding carboxylic acids is 1. The van der Waals surface area contributed by atoms with Crippen LogP contribution in [0.25, 0.3) is 10.9 Å². The highest BCUT2D eigenvalue weighted by Gasteiger charge is 2.26. The van der Waals surface area contributed by atoms with Crippen LogP contribution in [-0.2, 0) is 28.3 Å². The molecule has 0 atom stereocenters. The number of rotatable bonds is 6. The molecule has 142 valence electrons. The molecule has 0 spiro atoms. The molecule has 1 amide bonds. The molecule has 6 nitrogen and oxygen atoms in total. The van der Waals surface area contributed by atoms with Crippen LogP contribution in [0.4, 0.5) is 0 Å². The predicted octanol–water partition coefficient (Wildman–Crippen LogP) is 2.04. The van der Waals surface area contributed by atoms with Crippen molar-refractivity contribution in [3.63, 3.8) is 0 Å². The first kappa shape index (κ1) is 18.9. The van der Waals surface area contributed by atoms with Crippen molar-refractivity contribution in [3.8, 4) is 0 Å². The van der Waals surface area contributed by atoms with Crippen molar-refractivity contribution in [3.05, 3.63) is 36.0 Å². The van der Waals surface area contributed by atoms with Crippen LogP contribution in [0.5, 0.6) is 0 Å². The van der Waals surface area contributed by atoms with Crippen LogP contribution >= 0.6 is 0 Å². The number of nitrogens with zero attached hydrogens (tertiary/aromatic N) is 2. The van der Waals surface area contributed by atoms with Gasteiger partial charge in [-0.15, -0.1) is 0 Å². The first-order valence-electron chi connectivity index (χ1n) is 9.20. The van der Waals surface area contributed by atoms with Gasteiger partial charge in [0.1, 0.15) is 0 Å². The number of aromatic nitrogens is 1. The Morgan fingerprint density at radius 1 is 1.23 bits per heavy atom. The Hall–Kier alpha value is -1.86. The smallest absolute Gasteiger partial charge is 0.227 e. The van der Waals surface area contributed by atoms with Gasteiger partial charge in [0.25, 0.3) is 0 Å². The van der Waals surface area contributed by atoms with Gasteiger partial charge in [-0.2, -0.15) is 0 Å². The van der Waals surface area contributed by atoms with Crippen molar-refractivity contribution in [2.75, 3.05) is 18.8 Å². The highest BCUT2D eigenvalue weighted by atomic mass is 32.2. The lowest BCUT2D eigenvalue weighted by molar-refractivity contribution is -0.131. The average Bonchev–Trinajstić information content (AvgIpc) is 2.91. The number of amides is 1. The minimum atomic E-state index is -3.20. The molecule has 1 aromatic heterocycles. The molecule has 2 aromatic rings. The van der Waals surface area contributed by atoms with Crippen LogP contribution in [0, 0.1) is 0 Å². The van der Waals surface area contributed by atoms with E-state index in [0.29, 0.717) is 38.8 Å². The summed E-state index contributed by atoms with van der Waals surface area (Å²) in [6.45, 7) is 3.06. The fourth-order valence-corrected chi connectivity index (χ4v) is 5.07. The second-order valence-corrected chi connectivity index (χ2v) is 8.92. The maximum Gasteiger partial charge on any atom is 0.227 e. The fraction of sp³-hybridized carbons (Fsp3) is 0.526. The SMILES string of the molecule is CCCS(=O)(=O)NC1CCN(C(=O)Cc2cn(C)c3ccccc23)CC1. The molecule has 1 aliphatic heterocycles. The number of piperidine rings is 1. The Morgan fingerprint density at radius 2 is 1.92 bits per heavy atom. The zero-order chi connectivity index (χ0) is 18.7. The number of likely N-dealkylation sites (tertiary alicyclic amines) is 1. The molecule has 2 heterocycles. The van der Waals surface area contributed by atoms with Gasteiger partial charge in [-0.3, -0.25) is 4.79 Å². The molecule has 1 aromatic carbocycles. The Morgan fingerprint density at radius 3 is 2.62 bits per heavy atom. The van der Waals surface area contributed by atoms with Gasteiger partial charge in [-0.25, -0.2) is 13.1 Å². The van der Waals surface area contributed by atoms with Crippen LogP contribution in [0.3, 0.4) is 0 Å². The molecule has 7 heteroatoms. The van der Waals surface area contributed by atoms with Gasteiger partial charge in [0.2, 0.25) is 15.9 Å². The largest absolute Gasteiger partial charge is 0.350 e. The fourth-order valence-electron chi connectivity index (χ4n) is 3.67. The van der Waals surface area contributed by atoms with E-state index in [1.165, 1.54) is 0 Å². The predicted molar refractivity (Wildman–Crippen MR) is 103 cm³/mol. The van der Waals surface area contributed by atoms with Crippen LogP contribution in [-0.4, -0.2) is 48.7 Å².